The van der Waals surface area contributed by atoms with E-state index in [1.165, 1.54) is 24.3 Å². The minimum Gasteiger partial charge on any atom is -0.508 e. The van der Waals surface area contributed by atoms with E-state index in [4.69, 9.17) is 22.6 Å². The number of primary amides is 1. The number of nitrogens with one attached hydrogen (secondary N) is 4. The van der Waals surface area contributed by atoms with Gasteiger partial charge in [-0.2, -0.15) is 0 Å². The molecular formula is C40H58N8O6. The van der Waals surface area contributed by atoms with Gasteiger partial charge in [-0.25, -0.2) is 0 Å². The number of phenols is 2. The Balaban J connectivity index is 1.67. The van der Waals surface area contributed by atoms with Crippen molar-refractivity contribution in [2.45, 2.75) is 88.4 Å². The van der Waals surface area contributed by atoms with Crippen LogP contribution in [0.2, 0.25) is 0 Å². The number of carbonyl (C=O) groups excluding carboxylic acids is 3. The monoisotopic (exact) mass is 746 g/mol. The molecule has 54 heavy (non-hydrogen) atoms. The lowest BCUT2D eigenvalue weighted by atomic mass is 9.83. The second kappa shape index (κ2) is 22.8. The molecule has 0 aromatic heterocycles. The molecule has 3 aromatic rings. The molecule has 3 atom stereocenters. The Bertz CT molecular complexity index is 1590. The highest BCUT2D eigenvalue weighted by Crippen LogP contribution is 2.31. The van der Waals surface area contributed by atoms with Gasteiger partial charge in [-0.3, -0.25) is 24.7 Å². The molecule has 13 N–H and O–H groups in total. The van der Waals surface area contributed by atoms with Crippen LogP contribution in [0.3, 0.4) is 0 Å². The number of guanidine groups is 1. The SMILES string of the molecule is N=C(N)NCCCCCC[C@](CCCCNC(=O)[C@H](Cc1ccc(O)cc1)NC(=O)[C@@H](N)Cc1ccc(O)cc1)(C(N)=O)N(CCO)Cc1ccccc1. The number of hydrogen-bond acceptors (Lipinski definition) is 9. The maximum Gasteiger partial charge on any atom is 0.242 e. The number of amides is 3. The summed E-state index contributed by atoms with van der Waals surface area (Å²) >= 11 is 0. The first-order chi connectivity index (χ1) is 25.9. The lowest BCUT2D eigenvalue weighted by Gasteiger charge is -2.42. The smallest absolute Gasteiger partial charge is 0.242 e. The van der Waals surface area contributed by atoms with E-state index in [1.54, 1.807) is 24.3 Å². The number of carbonyl (C=O) groups is 3. The standard InChI is InChI=1S/C40H58N8O6/c41-34(26-29-12-16-32(50)17-13-29)36(52)47-35(27-30-14-18-33(51)19-15-30)37(53)45-22-9-7-21-40(38(42)54,20-6-1-2-8-23-46-39(43)44)48(24-25-49)28-31-10-4-3-5-11-31/h3-5,10-19,34-35,49-51H,1-2,6-9,20-28,41H2,(H2,42,54)(H,45,53)(H,47,52)(H4,43,44,46)/t34-,35-,40-/m0/s1. The number of phenolic OH excluding ortho intramolecular Hbond substituents is 2. The number of rotatable bonds is 25. The van der Waals surface area contributed by atoms with Gasteiger partial charge in [0.05, 0.1) is 12.6 Å². The molecule has 3 amide bonds. The van der Waals surface area contributed by atoms with Crippen molar-refractivity contribution >= 4 is 23.7 Å². The molecule has 0 aliphatic rings. The average Bonchev–Trinajstić information content (AvgIpc) is 3.14. The van der Waals surface area contributed by atoms with Crippen molar-refractivity contribution < 1.29 is 29.7 Å². The third-order valence-electron chi connectivity index (χ3n) is 9.54. The fraction of sp³-hybridized carbons (Fsp3) is 0.450. The molecule has 14 nitrogen and oxygen atoms in total. The highest BCUT2D eigenvalue weighted by atomic mass is 16.3. The van der Waals surface area contributed by atoms with Crippen LogP contribution >= 0.6 is 0 Å². The van der Waals surface area contributed by atoms with Gasteiger partial charge in [-0.05, 0) is 79.5 Å². The molecule has 0 saturated carbocycles. The predicted octanol–water partition coefficient (Wildman–Crippen LogP) is 2.13. The number of β-amino-alcohol motifs (C(OH)–C–C–N with tert-alkyl or cyclic N) is 1. The lowest BCUT2D eigenvalue weighted by Crippen LogP contribution is -2.58. The Morgan fingerprint density at radius 2 is 1.24 bits per heavy atom. The number of aliphatic hydroxyl groups excluding tert-OH is 1. The van der Waals surface area contributed by atoms with Crippen LogP contribution in [0.4, 0.5) is 0 Å². The van der Waals surface area contributed by atoms with Gasteiger partial charge < -0.3 is 48.5 Å². The van der Waals surface area contributed by atoms with Crippen molar-refractivity contribution in [1.82, 2.24) is 20.9 Å². The quantitative estimate of drug-likeness (QED) is 0.0343. The Labute approximate surface area is 318 Å². The number of nitrogens with zero attached hydrogens (tertiary/aromatic N) is 1. The van der Waals surface area contributed by atoms with Gasteiger partial charge in [-0.15, -0.1) is 0 Å². The Morgan fingerprint density at radius 3 is 1.81 bits per heavy atom. The van der Waals surface area contributed by atoms with E-state index in [-0.39, 0.29) is 50.0 Å². The lowest BCUT2D eigenvalue weighted by molar-refractivity contribution is -0.133. The van der Waals surface area contributed by atoms with E-state index in [2.05, 4.69) is 16.0 Å². The summed E-state index contributed by atoms with van der Waals surface area (Å²) in [5, 5.41) is 45.2. The van der Waals surface area contributed by atoms with Gasteiger partial charge in [0.2, 0.25) is 17.7 Å². The number of nitrogens with two attached hydrogens (primary N) is 3. The highest BCUT2D eigenvalue weighted by Gasteiger charge is 2.41. The second-order valence-electron chi connectivity index (χ2n) is 13.7. The maximum absolute atomic E-state index is 13.5. The minimum absolute atomic E-state index is 0.0664. The van der Waals surface area contributed by atoms with E-state index >= 15 is 0 Å². The zero-order valence-electron chi connectivity index (χ0n) is 31.0. The summed E-state index contributed by atoms with van der Waals surface area (Å²) in [6, 6.07) is 20.6. The first-order valence-corrected chi connectivity index (χ1v) is 18.6. The highest BCUT2D eigenvalue weighted by molar-refractivity contribution is 5.90. The molecule has 14 heteroatoms. The van der Waals surface area contributed by atoms with Crippen molar-refractivity contribution in [3.63, 3.8) is 0 Å². The number of unbranched alkanes of at least 4 members (excludes halogenated alkanes) is 4. The Hall–Kier alpha value is -5.18. The van der Waals surface area contributed by atoms with Gasteiger partial charge in [0.1, 0.15) is 23.1 Å². The second-order valence-corrected chi connectivity index (χ2v) is 13.7. The van der Waals surface area contributed by atoms with Crippen molar-refractivity contribution in [2.24, 2.45) is 17.2 Å². The Kier molecular flexibility index (Phi) is 18.2. The van der Waals surface area contributed by atoms with Gasteiger partial charge in [0.15, 0.2) is 5.96 Å². The van der Waals surface area contributed by atoms with E-state index in [1.807, 2.05) is 35.2 Å². The topological polar surface area (TPSA) is 253 Å². The van der Waals surface area contributed by atoms with Crippen LogP contribution < -0.4 is 33.2 Å². The van der Waals surface area contributed by atoms with Crippen LogP contribution in [-0.4, -0.2) is 87.8 Å². The van der Waals surface area contributed by atoms with Crippen molar-refractivity contribution in [1.29, 1.82) is 5.41 Å². The largest absolute Gasteiger partial charge is 0.508 e. The van der Waals surface area contributed by atoms with Gasteiger partial charge in [0, 0.05) is 32.6 Å². The van der Waals surface area contributed by atoms with Gasteiger partial charge in [-0.1, -0.05) is 73.9 Å². The van der Waals surface area contributed by atoms with Crippen LogP contribution in [0.5, 0.6) is 11.5 Å². The molecule has 3 rings (SSSR count). The molecule has 0 unspecified atom stereocenters. The molecule has 0 aliphatic carbocycles. The molecule has 0 heterocycles. The molecule has 0 bridgehead atoms. The fourth-order valence-electron chi connectivity index (χ4n) is 6.54. The zero-order chi connectivity index (χ0) is 39.3. The average molecular weight is 747 g/mol. The zero-order valence-corrected chi connectivity index (χ0v) is 31.0. The summed E-state index contributed by atoms with van der Waals surface area (Å²) < 4.78 is 0. The Morgan fingerprint density at radius 1 is 0.704 bits per heavy atom. The molecule has 0 saturated heterocycles. The first kappa shape index (κ1) is 43.2. The normalized spacial score (nSPS) is 13.4. The first-order valence-electron chi connectivity index (χ1n) is 18.6. The molecule has 3 aromatic carbocycles. The molecule has 0 radical (unpaired) electrons. The van der Waals surface area contributed by atoms with Crippen molar-refractivity contribution in [3.8, 4) is 11.5 Å². The van der Waals surface area contributed by atoms with Crippen LogP contribution in [0, 0.1) is 5.41 Å². The van der Waals surface area contributed by atoms with Crippen LogP contribution in [0.25, 0.3) is 0 Å². The maximum atomic E-state index is 13.5. The van der Waals surface area contributed by atoms with Crippen molar-refractivity contribution in [2.75, 3.05) is 26.2 Å². The molecular weight excluding hydrogens is 688 g/mol. The minimum atomic E-state index is -1.04. The molecule has 0 spiro atoms. The van der Waals surface area contributed by atoms with Crippen LogP contribution in [0.15, 0.2) is 78.9 Å². The van der Waals surface area contributed by atoms with Crippen molar-refractivity contribution in [3.05, 3.63) is 95.6 Å². The summed E-state index contributed by atoms with van der Waals surface area (Å²) in [6.07, 6.45) is 5.62. The molecule has 0 aliphatic heterocycles. The summed E-state index contributed by atoms with van der Waals surface area (Å²) in [4.78, 5) is 42.1. The van der Waals surface area contributed by atoms with Crippen LogP contribution in [0.1, 0.15) is 68.1 Å². The van der Waals surface area contributed by atoms with E-state index in [9.17, 15) is 29.7 Å². The number of aliphatic hydroxyl groups is 1. The molecule has 0 fully saturated rings. The third-order valence-corrected chi connectivity index (χ3v) is 9.54. The number of hydrogen-bond donors (Lipinski definition) is 10. The van der Waals surface area contributed by atoms with E-state index in [0.717, 1.165) is 42.4 Å². The fourth-order valence-corrected chi connectivity index (χ4v) is 6.54. The van der Waals surface area contributed by atoms with Gasteiger partial charge >= 0.3 is 0 Å². The third kappa shape index (κ3) is 14.7. The predicted molar refractivity (Wildman–Crippen MR) is 209 cm³/mol. The van der Waals surface area contributed by atoms with Crippen LogP contribution in [-0.2, 0) is 33.8 Å². The summed E-state index contributed by atoms with van der Waals surface area (Å²) in [6.45, 7) is 1.40. The summed E-state index contributed by atoms with van der Waals surface area (Å²) in [5.41, 5.74) is 19.2. The van der Waals surface area contributed by atoms with Gasteiger partial charge in [0.25, 0.3) is 0 Å². The summed E-state index contributed by atoms with van der Waals surface area (Å²) in [7, 11) is 0. The van der Waals surface area contributed by atoms with E-state index in [0.29, 0.717) is 38.8 Å². The number of benzene rings is 3. The van der Waals surface area contributed by atoms with E-state index < -0.39 is 35.3 Å². The number of aromatic hydroxyl groups is 2. The summed E-state index contributed by atoms with van der Waals surface area (Å²) in [5.74, 6) is -1.26. The molecule has 294 valence electrons.